The van der Waals surface area contributed by atoms with Crippen LogP contribution in [0.25, 0.3) is 0 Å². The first-order chi connectivity index (χ1) is 12.3. The van der Waals surface area contributed by atoms with Gasteiger partial charge in [0.1, 0.15) is 11.9 Å². The summed E-state index contributed by atoms with van der Waals surface area (Å²) in [5.41, 5.74) is 4.22. The molecular weight excluding hydrogens is 308 g/mol. The van der Waals surface area contributed by atoms with Gasteiger partial charge in [0, 0.05) is 23.7 Å². The van der Waals surface area contributed by atoms with Crippen molar-refractivity contribution >= 4 is 5.71 Å². The quantitative estimate of drug-likeness (QED) is 0.737. The van der Waals surface area contributed by atoms with Gasteiger partial charge < -0.3 is 5.11 Å². The first-order valence-corrected chi connectivity index (χ1v) is 8.52. The molecule has 3 heteroatoms. The molecule has 0 aliphatic carbocycles. The van der Waals surface area contributed by atoms with Crippen LogP contribution in [0, 0.1) is 0 Å². The number of rotatable bonds is 3. The van der Waals surface area contributed by atoms with Crippen LogP contribution < -0.4 is 5.32 Å². The summed E-state index contributed by atoms with van der Waals surface area (Å²) in [5, 5.41) is 13.9. The number of phenols is 1. The topological polar surface area (TPSA) is 44.6 Å². The molecule has 0 saturated carbocycles. The number of phenolic OH excluding ortho intramolecular Hbond substituents is 1. The van der Waals surface area contributed by atoms with E-state index in [9.17, 15) is 5.11 Å². The SMILES string of the molecule is Oc1ccccc1[C@@H]1CC(c2ccccc2)=N[C@H](c2ccccc2)N1. The van der Waals surface area contributed by atoms with Gasteiger partial charge in [-0.25, -0.2) is 0 Å². The molecule has 1 aliphatic heterocycles. The zero-order valence-electron chi connectivity index (χ0n) is 13.8. The Bertz CT molecular complexity index is 875. The summed E-state index contributed by atoms with van der Waals surface area (Å²) in [6.07, 6.45) is 0.611. The van der Waals surface area contributed by atoms with Gasteiger partial charge in [0.05, 0.1) is 0 Å². The molecule has 2 N–H and O–H groups in total. The van der Waals surface area contributed by atoms with Gasteiger partial charge in [-0.1, -0.05) is 78.9 Å². The van der Waals surface area contributed by atoms with Crippen molar-refractivity contribution in [3.8, 4) is 5.75 Å². The molecular formula is C22H20N2O. The Hall–Kier alpha value is -2.91. The fourth-order valence-electron chi connectivity index (χ4n) is 3.30. The molecule has 0 radical (unpaired) electrons. The Balaban J connectivity index is 1.75. The summed E-state index contributed by atoms with van der Waals surface area (Å²) in [7, 11) is 0. The number of hydrogen-bond acceptors (Lipinski definition) is 3. The second-order valence-corrected chi connectivity index (χ2v) is 6.24. The average molecular weight is 328 g/mol. The number of aliphatic imine (C=N–C) groups is 1. The summed E-state index contributed by atoms with van der Waals surface area (Å²) in [6, 6.07) is 28.0. The van der Waals surface area contributed by atoms with Crippen LogP contribution in [-0.4, -0.2) is 10.8 Å². The highest BCUT2D eigenvalue weighted by atomic mass is 16.3. The van der Waals surface area contributed by atoms with Crippen LogP contribution in [0.5, 0.6) is 5.75 Å². The molecule has 1 aliphatic rings. The van der Waals surface area contributed by atoms with E-state index in [0.29, 0.717) is 5.75 Å². The van der Waals surface area contributed by atoms with Crippen LogP contribution in [0.1, 0.15) is 35.3 Å². The summed E-state index contributed by atoms with van der Waals surface area (Å²) in [6.45, 7) is 0. The number of hydrogen-bond donors (Lipinski definition) is 2. The maximum Gasteiger partial charge on any atom is 0.126 e. The predicted octanol–water partition coefficient (Wildman–Crippen LogP) is 4.61. The van der Waals surface area contributed by atoms with Crippen molar-refractivity contribution in [1.82, 2.24) is 5.32 Å². The molecule has 0 bridgehead atoms. The largest absolute Gasteiger partial charge is 0.508 e. The van der Waals surface area contributed by atoms with E-state index in [0.717, 1.165) is 28.8 Å². The Morgan fingerprint density at radius 2 is 1.44 bits per heavy atom. The van der Waals surface area contributed by atoms with Gasteiger partial charge in [0.25, 0.3) is 0 Å². The molecule has 0 aromatic heterocycles. The fraction of sp³-hybridized carbons (Fsp3) is 0.136. The number of nitrogens with zero attached hydrogens (tertiary/aromatic N) is 1. The third kappa shape index (κ3) is 3.32. The minimum atomic E-state index is -0.130. The molecule has 3 aromatic rings. The second kappa shape index (κ2) is 6.91. The minimum absolute atomic E-state index is 0.0131. The van der Waals surface area contributed by atoms with Gasteiger partial charge in [-0.05, 0) is 17.2 Å². The average Bonchev–Trinajstić information content (AvgIpc) is 2.69. The molecule has 124 valence electrons. The third-order valence-corrected chi connectivity index (χ3v) is 4.58. The first-order valence-electron chi connectivity index (χ1n) is 8.52. The lowest BCUT2D eigenvalue weighted by Crippen LogP contribution is -2.33. The standard InChI is InChI=1S/C22H20N2O/c25-21-14-8-7-13-18(21)20-15-19(16-9-3-1-4-10-16)23-22(24-20)17-11-5-2-6-12-17/h1-14,20,22,24-25H,15H2/t20-,22-/m0/s1. The summed E-state index contributed by atoms with van der Waals surface area (Å²) in [4.78, 5) is 4.95. The molecule has 0 saturated heterocycles. The minimum Gasteiger partial charge on any atom is -0.508 e. The zero-order valence-corrected chi connectivity index (χ0v) is 13.8. The van der Waals surface area contributed by atoms with Crippen LogP contribution in [0.2, 0.25) is 0 Å². The van der Waals surface area contributed by atoms with Gasteiger partial charge in [0.15, 0.2) is 0 Å². The van der Waals surface area contributed by atoms with Crippen molar-refractivity contribution in [3.63, 3.8) is 0 Å². The Morgan fingerprint density at radius 3 is 2.16 bits per heavy atom. The van der Waals surface area contributed by atoms with E-state index in [1.165, 1.54) is 0 Å². The lowest BCUT2D eigenvalue weighted by Gasteiger charge is -2.31. The van der Waals surface area contributed by atoms with Crippen molar-refractivity contribution in [2.24, 2.45) is 4.99 Å². The lowest BCUT2D eigenvalue weighted by molar-refractivity contribution is 0.413. The summed E-state index contributed by atoms with van der Waals surface area (Å²) < 4.78 is 0. The van der Waals surface area contributed by atoms with E-state index >= 15 is 0 Å². The highest BCUT2D eigenvalue weighted by molar-refractivity contribution is 6.01. The van der Waals surface area contributed by atoms with Gasteiger partial charge in [-0.2, -0.15) is 0 Å². The number of aromatic hydroxyl groups is 1. The molecule has 0 amide bonds. The van der Waals surface area contributed by atoms with E-state index in [1.54, 1.807) is 6.07 Å². The van der Waals surface area contributed by atoms with Gasteiger partial charge in [0.2, 0.25) is 0 Å². The van der Waals surface area contributed by atoms with Crippen LogP contribution in [0.15, 0.2) is 89.9 Å². The van der Waals surface area contributed by atoms with E-state index in [4.69, 9.17) is 4.99 Å². The molecule has 4 rings (SSSR count). The Morgan fingerprint density at radius 1 is 0.800 bits per heavy atom. The lowest BCUT2D eigenvalue weighted by atomic mass is 9.93. The van der Waals surface area contributed by atoms with Gasteiger partial charge in [-0.15, -0.1) is 0 Å². The summed E-state index contributed by atoms with van der Waals surface area (Å²) >= 11 is 0. The normalized spacial score (nSPS) is 20.1. The maximum atomic E-state index is 10.3. The summed E-state index contributed by atoms with van der Waals surface area (Å²) in [5.74, 6) is 0.320. The Kier molecular flexibility index (Phi) is 4.32. The third-order valence-electron chi connectivity index (χ3n) is 4.58. The Labute approximate surface area is 147 Å². The van der Waals surface area contributed by atoms with Crippen LogP contribution >= 0.6 is 0 Å². The number of para-hydroxylation sites is 1. The highest BCUT2D eigenvalue weighted by Gasteiger charge is 2.27. The predicted molar refractivity (Wildman–Crippen MR) is 101 cm³/mol. The van der Waals surface area contributed by atoms with E-state index in [2.05, 4.69) is 29.6 Å². The van der Waals surface area contributed by atoms with Crippen molar-refractivity contribution < 1.29 is 5.11 Å². The smallest absolute Gasteiger partial charge is 0.126 e. The fourth-order valence-corrected chi connectivity index (χ4v) is 3.30. The monoisotopic (exact) mass is 328 g/mol. The molecule has 0 unspecified atom stereocenters. The molecule has 3 nitrogen and oxygen atoms in total. The molecule has 0 fully saturated rings. The molecule has 2 atom stereocenters. The van der Waals surface area contributed by atoms with Gasteiger partial charge in [-0.3, -0.25) is 10.3 Å². The number of benzene rings is 3. The molecule has 1 heterocycles. The maximum absolute atomic E-state index is 10.3. The first kappa shape index (κ1) is 15.6. The van der Waals surface area contributed by atoms with Crippen LogP contribution in [-0.2, 0) is 0 Å². The highest BCUT2D eigenvalue weighted by Crippen LogP contribution is 2.34. The molecule has 25 heavy (non-hydrogen) atoms. The van der Waals surface area contributed by atoms with Gasteiger partial charge >= 0.3 is 0 Å². The van der Waals surface area contributed by atoms with E-state index in [-0.39, 0.29) is 12.2 Å². The number of nitrogens with one attached hydrogen (secondary N) is 1. The van der Waals surface area contributed by atoms with Crippen LogP contribution in [0.4, 0.5) is 0 Å². The van der Waals surface area contributed by atoms with Crippen molar-refractivity contribution in [2.45, 2.75) is 18.6 Å². The zero-order chi connectivity index (χ0) is 17.1. The van der Waals surface area contributed by atoms with E-state index < -0.39 is 0 Å². The van der Waals surface area contributed by atoms with Crippen molar-refractivity contribution in [2.75, 3.05) is 0 Å². The molecule has 0 spiro atoms. The van der Waals surface area contributed by atoms with Crippen LogP contribution in [0.3, 0.4) is 0 Å². The van der Waals surface area contributed by atoms with Crippen molar-refractivity contribution in [3.05, 3.63) is 102 Å². The second-order valence-electron chi connectivity index (χ2n) is 6.24. The van der Waals surface area contributed by atoms with E-state index in [1.807, 2.05) is 54.6 Å². The molecule has 3 aromatic carbocycles. The van der Waals surface area contributed by atoms with Crippen molar-refractivity contribution in [1.29, 1.82) is 0 Å².